The van der Waals surface area contributed by atoms with Gasteiger partial charge in [0.15, 0.2) is 5.69 Å². The van der Waals surface area contributed by atoms with E-state index in [1.165, 1.54) is 0 Å². The van der Waals surface area contributed by atoms with Crippen molar-refractivity contribution >= 4 is 5.91 Å². The SMILES string of the molecule is CN1CCN(CCCOc2ccccc2-c2n[nH]nc2C(N)=O)CC1. The van der Waals surface area contributed by atoms with Gasteiger partial charge >= 0.3 is 0 Å². The number of aromatic nitrogens is 3. The molecule has 0 atom stereocenters. The van der Waals surface area contributed by atoms with Gasteiger partial charge < -0.3 is 20.3 Å². The zero-order valence-electron chi connectivity index (χ0n) is 14.4. The summed E-state index contributed by atoms with van der Waals surface area (Å²) in [4.78, 5) is 16.3. The predicted molar refractivity (Wildman–Crippen MR) is 94.4 cm³/mol. The first-order valence-corrected chi connectivity index (χ1v) is 8.49. The van der Waals surface area contributed by atoms with E-state index in [1.807, 2.05) is 24.3 Å². The van der Waals surface area contributed by atoms with Crippen molar-refractivity contribution in [3.05, 3.63) is 30.0 Å². The lowest BCUT2D eigenvalue weighted by Crippen LogP contribution is -2.44. The van der Waals surface area contributed by atoms with Crippen molar-refractivity contribution in [3.63, 3.8) is 0 Å². The molecule has 0 radical (unpaired) electrons. The molecule has 0 aliphatic carbocycles. The van der Waals surface area contributed by atoms with Crippen LogP contribution in [0.4, 0.5) is 0 Å². The molecule has 1 saturated heterocycles. The number of carbonyl (C=O) groups excluding carboxylic acids is 1. The molecule has 1 amide bonds. The lowest BCUT2D eigenvalue weighted by molar-refractivity contribution is 0.0996. The van der Waals surface area contributed by atoms with Crippen LogP contribution in [0.25, 0.3) is 11.3 Å². The van der Waals surface area contributed by atoms with E-state index >= 15 is 0 Å². The average Bonchev–Trinajstić information content (AvgIpc) is 3.10. The second-order valence-electron chi connectivity index (χ2n) is 6.23. The number of nitrogens with one attached hydrogen (secondary N) is 1. The quantitative estimate of drug-likeness (QED) is 0.713. The van der Waals surface area contributed by atoms with Crippen LogP contribution in [-0.4, -0.2) is 77.5 Å². The molecular weight excluding hydrogens is 320 g/mol. The summed E-state index contributed by atoms with van der Waals surface area (Å²) in [5.41, 5.74) is 6.60. The number of para-hydroxylation sites is 1. The van der Waals surface area contributed by atoms with E-state index in [2.05, 4.69) is 32.3 Å². The van der Waals surface area contributed by atoms with Crippen LogP contribution in [0.1, 0.15) is 16.9 Å². The molecule has 3 rings (SSSR count). The molecule has 1 fully saturated rings. The number of aromatic amines is 1. The molecule has 8 heteroatoms. The highest BCUT2D eigenvalue weighted by Crippen LogP contribution is 2.29. The number of primary amides is 1. The molecular formula is C17H24N6O2. The van der Waals surface area contributed by atoms with Crippen molar-refractivity contribution in [3.8, 4) is 17.0 Å². The van der Waals surface area contributed by atoms with Gasteiger partial charge in [0.2, 0.25) is 0 Å². The van der Waals surface area contributed by atoms with Crippen LogP contribution < -0.4 is 10.5 Å². The summed E-state index contributed by atoms with van der Waals surface area (Å²) in [6, 6.07) is 7.47. The van der Waals surface area contributed by atoms with Crippen molar-refractivity contribution in [2.45, 2.75) is 6.42 Å². The highest BCUT2D eigenvalue weighted by Gasteiger charge is 2.18. The summed E-state index contributed by atoms with van der Waals surface area (Å²) < 4.78 is 5.94. The first kappa shape index (κ1) is 17.4. The van der Waals surface area contributed by atoms with Gasteiger partial charge in [-0.15, -0.1) is 0 Å². The lowest BCUT2D eigenvalue weighted by Gasteiger charge is -2.32. The summed E-state index contributed by atoms with van der Waals surface area (Å²) in [7, 11) is 2.15. The standard InChI is InChI=1S/C17H24N6O2/c1-22-8-10-23(11-9-22)7-4-12-25-14-6-3-2-5-13(14)15-16(17(18)24)20-21-19-15/h2-3,5-6H,4,7-12H2,1H3,(H2,18,24)(H,19,20,21). The number of ether oxygens (including phenoxy) is 1. The first-order chi connectivity index (χ1) is 12.1. The molecule has 134 valence electrons. The van der Waals surface area contributed by atoms with Gasteiger partial charge in [-0.3, -0.25) is 4.79 Å². The van der Waals surface area contributed by atoms with Crippen LogP contribution >= 0.6 is 0 Å². The molecule has 0 spiro atoms. The molecule has 1 aliphatic heterocycles. The number of nitrogens with two attached hydrogens (primary N) is 1. The molecule has 2 heterocycles. The maximum atomic E-state index is 11.5. The van der Waals surface area contributed by atoms with Crippen molar-refractivity contribution in [1.29, 1.82) is 0 Å². The summed E-state index contributed by atoms with van der Waals surface area (Å²) in [5.74, 6) is 0.0610. The number of hydrogen-bond acceptors (Lipinski definition) is 6. The number of rotatable bonds is 7. The molecule has 0 saturated carbocycles. The third-order valence-corrected chi connectivity index (χ3v) is 4.40. The third-order valence-electron chi connectivity index (χ3n) is 4.40. The Morgan fingerprint density at radius 2 is 2.00 bits per heavy atom. The molecule has 0 unspecified atom stereocenters. The average molecular weight is 344 g/mol. The Morgan fingerprint density at radius 3 is 2.76 bits per heavy atom. The minimum atomic E-state index is -0.617. The van der Waals surface area contributed by atoms with Crippen LogP contribution in [0.15, 0.2) is 24.3 Å². The van der Waals surface area contributed by atoms with Crippen molar-refractivity contribution in [2.75, 3.05) is 46.4 Å². The summed E-state index contributed by atoms with van der Waals surface area (Å²) in [5, 5.41) is 10.3. The van der Waals surface area contributed by atoms with E-state index in [9.17, 15) is 4.79 Å². The smallest absolute Gasteiger partial charge is 0.271 e. The Kier molecular flexibility index (Phi) is 5.62. The van der Waals surface area contributed by atoms with Crippen molar-refractivity contribution in [2.24, 2.45) is 5.73 Å². The third kappa shape index (κ3) is 4.34. The number of piperazine rings is 1. The number of H-pyrrole nitrogens is 1. The van der Waals surface area contributed by atoms with Crippen LogP contribution in [0.3, 0.4) is 0 Å². The van der Waals surface area contributed by atoms with Crippen LogP contribution in [0, 0.1) is 0 Å². The van der Waals surface area contributed by atoms with E-state index < -0.39 is 5.91 Å². The van der Waals surface area contributed by atoms with Crippen LogP contribution in [0.2, 0.25) is 0 Å². The van der Waals surface area contributed by atoms with E-state index in [4.69, 9.17) is 10.5 Å². The Bertz CT molecular complexity index is 709. The van der Waals surface area contributed by atoms with Crippen LogP contribution in [-0.2, 0) is 0 Å². The van der Waals surface area contributed by atoms with Gasteiger partial charge in [-0.25, -0.2) is 0 Å². The zero-order valence-corrected chi connectivity index (χ0v) is 14.4. The number of carbonyl (C=O) groups is 1. The van der Waals surface area contributed by atoms with E-state index in [-0.39, 0.29) is 5.69 Å². The van der Waals surface area contributed by atoms with Crippen LogP contribution in [0.5, 0.6) is 5.75 Å². The number of likely N-dealkylation sites (N-methyl/N-ethyl adjacent to an activating group) is 1. The fourth-order valence-corrected chi connectivity index (χ4v) is 2.92. The number of amides is 1. The highest BCUT2D eigenvalue weighted by molar-refractivity contribution is 5.97. The Labute approximate surface area is 146 Å². The number of hydrogen-bond donors (Lipinski definition) is 2. The molecule has 0 bridgehead atoms. The molecule has 2 aromatic rings. The fraction of sp³-hybridized carbons (Fsp3) is 0.471. The molecule has 8 nitrogen and oxygen atoms in total. The minimum Gasteiger partial charge on any atom is -0.493 e. The predicted octanol–water partition coefficient (Wildman–Crippen LogP) is 0.587. The Balaban J connectivity index is 1.58. The summed E-state index contributed by atoms with van der Waals surface area (Å²) >= 11 is 0. The van der Waals surface area contributed by atoms with E-state index in [1.54, 1.807) is 0 Å². The summed E-state index contributed by atoms with van der Waals surface area (Å²) in [6.07, 6.45) is 0.944. The number of benzene rings is 1. The summed E-state index contributed by atoms with van der Waals surface area (Å²) in [6.45, 7) is 6.07. The zero-order chi connectivity index (χ0) is 17.6. The minimum absolute atomic E-state index is 0.119. The maximum Gasteiger partial charge on any atom is 0.271 e. The molecule has 1 aromatic heterocycles. The molecule has 25 heavy (non-hydrogen) atoms. The largest absolute Gasteiger partial charge is 0.493 e. The molecule has 1 aliphatic rings. The van der Waals surface area contributed by atoms with E-state index in [0.717, 1.165) is 39.1 Å². The van der Waals surface area contributed by atoms with Gasteiger partial charge in [-0.05, 0) is 25.6 Å². The van der Waals surface area contributed by atoms with Crippen molar-refractivity contribution in [1.82, 2.24) is 25.2 Å². The topological polar surface area (TPSA) is 100 Å². The highest BCUT2D eigenvalue weighted by atomic mass is 16.5. The van der Waals surface area contributed by atoms with Gasteiger partial charge in [0, 0.05) is 38.3 Å². The Hall–Kier alpha value is -2.45. The molecule has 3 N–H and O–H groups in total. The van der Waals surface area contributed by atoms with Gasteiger partial charge in [-0.2, -0.15) is 15.4 Å². The molecule has 1 aromatic carbocycles. The first-order valence-electron chi connectivity index (χ1n) is 8.49. The monoisotopic (exact) mass is 344 g/mol. The van der Waals surface area contributed by atoms with E-state index in [0.29, 0.717) is 23.6 Å². The second-order valence-corrected chi connectivity index (χ2v) is 6.23. The fourth-order valence-electron chi connectivity index (χ4n) is 2.92. The normalized spacial score (nSPS) is 16.0. The van der Waals surface area contributed by atoms with Gasteiger partial charge in [0.25, 0.3) is 5.91 Å². The van der Waals surface area contributed by atoms with Gasteiger partial charge in [-0.1, -0.05) is 12.1 Å². The second kappa shape index (κ2) is 8.09. The van der Waals surface area contributed by atoms with Crippen molar-refractivity contribution < 1.29 is 9.53 Å². The van der Waals surface area contributed by atoms with Gasteiger partial charge in [0.1, 0.15) is 11.4 Å². The number of nitrogens with zero attached hydrogens (tertiary/aromatic N) is 4. The van der Waals surface area contributed by atoms with Gasteiger partial charge in [0.05, 0.1) is 6.61 Å². The lowest BCUT2D eigenvalue weighted by atomic mass is 10.1. The maximum absolute atomic E-state index is 11.5. The Morgan fingerprint density at radius 1 is 1.24 bits per heavy atom.